The predicted molar refractivity (Wildman–Crippen MR) is 88.0 cm³/mol. The first-order valence-corrected chi connectivity index (χ1v) is 8.41. The smallest absolute Gasteiger partial charge is 0.138 e. The standard InChI is InChI=1S/C17H23Cl2NO/c1-16(2)11-4-5-17(16,3)14(7-11)20-9-10-6-12(18)8-13(19)15(10)21/h6,8,11,14,20-21H,4-5,7,9H2,1-3H3. The van der Waals surface area contributed by atoms with Crippen molar-refractivity contribution in [3.63, 3.8) is 0 Å². The highest BCUT2D eigenvalue weighted by Gasteiger charge is 2.60. The van der Waals surface area contributed by atoms with Gasteiger partial charge in [-0.15, -0.1) is 0 Å². The average Bonchev–Trinajstić information content (AvgIpc) is 2.74. The number of rotatable bonds is 3. The minimum Gasteiger partial charge on any atom is -0.506 e. The van der Waals surface area contributed by atoms with Crippen LogP contribution in [-0.4, -0.2) is 11.1 Å². The lowest BCUT2D eigenvalue weighted by Gasteiger charge is -2.39. The van der Waals surface area contributed by atoms with Gasteiger partial charge in [-0.05, 0) is 48.1 Å². The lowest BCUT2D eigenvalue weighted by molar-refractivity contribution is 0.120. The van der Waals surface area contributed by atoms with Gasteiger partial charge in [0.25, 0.3) is 0 Å². The van der Waals surface area contributed by atoms with Gasteiger partial charge < -0.3 is 10.4 Å². The highest BCUT2D eigenvalue weighted by molar-refractivity contribution is 6.35. The van der Waals surface area contributed by atoms with Crippen molar-refractivity contribution >= 4 is 23.2 Å². The first-order valence-electron chi connectivity index (χ1n) is 7.66. The zero-order chi connectivity index (χ0) is 15.4. The van der Waals surface area contributed by atoms with Crippen LogP contribution in [0.3, 0.4) is 0 Å². The number of nitrogens with one attached hydrogen (secondary N) is 1. The van der Waals surface area contributed by atoms with Crippen LogP contribution in [0.1, 0.15) is 45.6 Å². The van der Waals surface area contributed by atoms with E-state index >= 15 is 0 Å². The number of phenolic OH excluding ortho intramolecular Hbond substituents is 1. The lowest BCUT2D eigenvalue weighted by atomic mass is 9.69. The molecule has 2 fully saturated rings. The fraction of sp³-hybridized carbons (Fsp3) is 0.647. The Hall–Kier alpha value is -0.440. The van der Waals surface area contributed by atoms with Gasteiger partial charge in [-0.1, -0.05) is 44.0 Å². The molecule has 3 unspecified atom stereocenters. The van der Waals surface area contributed by atoms with Crippen LogP contribution < -0.4 is 5.32 Å². The van der Waals surface area contributed by atoms with Gasteiger partial charge in [0.2, 0.25) is 0 Å². The summed E-state index contributed by atoms with van der Waals surface area (Å²) in [5, 5.41) is 14.6. The molecule has 0 saturated heterocycles. The summed E-state index contributed by atoms with van der Waals surface area (Å²) >= 11 is 12.0. The molecular formula is C17H23Cl2NO. The summed E-state index contributed by atoms with van der Waals surface area (Å²) in [4.78, 5) is 0. The monoisotopic (exact) mass is 327 g/mol. The maximum Gasteiger partial charge on any atom is 0.138 e. The molecule has 2 bridgehead atoms. The van der Waals surface area contributed by atoms with E-state index in [0.717, 1.165) is 11.5 Å². The molecule has 0 aliphatic heterocycles. The van der Waals surface area contributed by atoms with Gasteiger partial charge in [0.05, 0.1) is 5.02 Å². The van der Waals surface area contributed by atoms with E-state index in [0.29, 0.717) is 33.5 Å². The number of aromatic hydroxyl groups is 1. The van der Waals surface area contributed by atoms with Crippen molar-refractivity contribution < 1.29 is 5.11 Å². The van der Waals surface area contributed by atoms with E-state index in [2.05, 4.69) is 26.1 Å². The molecule has 116 valence electrons. The van der Waals surface area contributed by atoms with Gasteiger partial charge >= 0.3 is 0 Å². The number of phenols is 1. The van der Waals surface area contributed by atoms with E-state index in [1.54, 1.807) is 12.1 Å². The van der Waals surface area contributed by atoms with Crippen LogP contribution in [0.4, 0.5) is 0 Å². The average molecular weight is 328 g/mol. The zero-order valence-corrected chi connectivity index (χ0v) is 14.4. The second-order valence-corrected chi connectivity index (χ2v) is 8.28. The number of benzene rings is 1. The molecule has 0 aromatic heterocycles. The van der Waals surface area contributed by atoms with Crippen molar-refractivity contribution in [2.45, 2.75) is 52.6 Å². The van der Waals surface area contributed by atoms with E-state index in [9.17, 15) is 5.11 Å². The SMILES string of the molecule is CC1(C)C2CCC1(C)C(NCc1cc(Cl)cc(Cl)c1O)C2. The van der Waals surface area contributed by atoms with Gasteiger partial charge in [0.1, 0.15) is 5.75 Å². The summed E-state index contributed by atoms with van der Waals surface area (Å²) in [6, 6.07) is 3.85. The highest BCUT2D eigenvalue weighted by Crippen LogP contribution is 2.65. The maximum absolute atomic E-state index is 10.1. The summed E-state index contributed by atoms with van der Waals surface area (Å²) in [5.74, 6) is 0.942. The fourth-order valence-corrected chi connectivity index (χ4v) is 5.04. The van der Waals surface area contributed by atoms with Gasteiger partial charge in [0.15, 0.2) is 0 Å². The molecule has 2 aliphatic carbocycles. The molecule has 2 aliphatic rings. The van der Waals surface area contributed by atoms with Crippen molar-refractivity contribution in [3.05, 3.63) is 27.7 Å². The van der Waals surface area contributed by atoms with Crippen LogP contribution in [0.5, 0.6) is 5.75 Å². The molecule has 3 rings (SSSR count). The minimum absolute atomic E-state index is 0.140. The van der Waals surface area contributed by atoms with Crippen molar-refractivity contribution in [1.82, 2.24) is 5.32 Å². The number of halogens is 2. The molecule has 1 aromatic rings. The lowest BCUT2D eigenvalue weighted by Crippen LogP contribution is -2.44. The van der Waals surface area contributed by atoms with Crippen LogP contribution in [0.25, 0.3) is 0 Å². The van der Waals surface area contributed by atoms with Crippen molar-refractivity contribution in [1.29, 1.82) is 0 Å². The fourth-order valence-electron chi connectivity index (χ4n) is 4.50. The summed E-state index contributed by atoms with van der Waals surface area (Å²) in [6.07, 6.45) is 3.85. The molecule has 0 spiro atoms. The van der Waals surface area contributed by atoms with Crippen molar-refractivity contribution in [3.8, 4) is 5.75 Å². The summed E-state index contributed by atoms with van der Waals surface area (Å²) in [6.45, 7) is 7.82. The van der Waals surface area contributed by atoms with E-state index in [-0.39, 0.29) is 5.75 Å². The summed E-state index contributed by atoms with van der Waals surface area (Å²) in [5.41, 5.74) is 1.49. The second kappa shape index (κ2) is 5.04. The third-order valence-corrected chi connectivity index (χ3v) is 6.95. The van der Waals surface area contributed by atoms with E-state index in [1.807, 2.05) is 0 Å². The molecule has 0 heterocycles. The predicted octanol–water partition coefficient (Wildman–Crippen LogP) is 5.00. The number of fused-ring (bicyclic) bond motifs is 2. The highest BCUT2D eigenvalue weighted by atomic mass is 35.5. The molecule has 3 atom stereocenters. The minimum atomic E-state index is 0.140. The van der Waals surface area contributed by atoms with Crippen LogP contribution in [0.15, 0.2) is 12.1 Å². The molecule has 0 radical (unpaired) electrons. The third-order valence-electron chi connectivity index (χ3n) is 6.44. The topological polar surface area (TPSA) is 32.3 Å². The van der Waals surface area contributed by atoms with Crippen molar-refractivity contribution in [2.24, 2.45) is 16.7 Å². The van der Waals surface area contributed by atoms with E-state index in [1.165, 1.54) is 19.3 Å². The van der Waals surface area contributed by atoms with Crippen LogP contribution in [-0.2, 0) is 6.54 Å². The largest absolute Gasteiger partial charge is 0.506 e. The molecule has 2 N–H and O–H groups in total. The summed E-state index contributed by atoms with van der Waals surface area (Å²) in [7, 11) is 0. The van der Waals surface area contributed by atoms with Gasteiger partial charge in [-0.25, -0.2) is 0 Å². The number of hydrogen-bond acceptors (Lipinski definition) is 2. The molecule has 4 heteroatoms. The van der Waals surface area contributed by atoms with Crippen LogP contribution >= 0.6 is 23.2 Å². The van der Waals surface area contributed by atoms with Crippen molar-refractivity contribution in [2.75, 3.05) is 0 Å². The Labute approximate surface area is 136 Å². The van der Waals surface area contributed by atoms with E-state index in [4.69, 9.17) is 23.2 Å². The van der Waals surface area contributed by atoms with Gasteiger partial charge in [0, 0.05) is 23.2 Å². The molecule has 2 nitrogen and oxygen atoms in total. The molecule has 21 heavy (non-hydrogen) atoms. The first-order chi connectivity index (χ1) is 9.75. The summed E-state index contributed by atoms with van der Waals surface area (Å²) < 4.78 is 0. The molecule has 2 saturated carbocycles. The van der Waals surface area contributed by atoms with Crippen LogP contribution in [0, 0.1) is 16.7 Å². The zero-order valence-electron chi connectivity index (χ0n) is 12.8. The van der Waals surface area contributed by atoms with Crippen LogP contribution in [0.2, 0.25) is 10.0 Å². The Balaban J connectivity index is 1.76. The van der Waals surface area contributed by atoms with E-state index < -0.39 is 0 Å². The second-order valence-electron chi connectivity index (χ2n) is 7.44. The van der Waals surface area contributed by atoms with Gasteiger partial charge in [-0.2, -0.15) is 0 Å². The Morgan fingerprint density at radius 1 is 1.29 bits per heavy atom. The molecular weight excluding hydrogens is 305 g/mol. The quantitative estimate of drug-likeness (QED) is 0.818. The molecule has 1 aromatic carbocycles. The Morgan fingerprint density at radius 3 is 2.57 bits per heavy atom. The Kier molecular flexibility index (Phi) is 3.71. The first kappa shape index (κ1) is 15.5. The maximum atomic E-state index is 10.1. The molecule has 0 amide bonds. The Bertz CT molecular complexity index is 572. The number of hydrogen-bond donors (Lipinski definition) is 2. The normalized spacial score (nSPS) is 33.6. The Morgan fingerprint density at radius 2 is 2.00 bits per heavy atom. The third kappa shape index (κ3) is 2.27. The van der Waals surface area contributed by atoms with Gasteiger partial charge in [-0.3, -0.25) is 0 Å².